The molecule has 5 nitrogen and oxygen atoms in total. The summed E-state index contributed by atoms with van der Waals surface area (Å²) in [6, 6.07) is 1.27. The molecule has 1 aromatic carbocycles. The van der Waals surface area contributed by atoms with Crippen LogP contribution in [0.5, 0.6) is 0 Å². The SMILES string of the molecule is FC(F)(F)c1cc(Cl)c(-n2ncc(-c3nc(Br)c(C(F)(F)F)[nH]3)n2)c(Cl)c1. The first-order valence-electron chi connectivity index (χ1n) is 6.70. The van der Waals surface area contributed by atoms with E-state index in [2.05, 4.69) is 31.1 Å². The van der Waals surface area contributed by atoms with Crippen LogP contribution < -0.4 is 0 Å². The number of alkyl halides is 6. The van der Waals surface area contributed by atoms with Gasteiger partial charge in [-0.2, -0.15) is 31.4 Å². The zero-order valence-corrected chi connectivity index (χ0v) is 15.5. The molecule has 0 aliphatic rings. The van der Waals surface area contributed by atoms with Gasteiger partial charge in [0.05, 0.1) is 21.8 Å². The summed E-state index contributed by atoms with van der Waals surface area (Å²) in [5.74, 6) is -0.264. The standard InChI is InChI=1S/C13H4BrCl2F6N5/c14-10-9(13(20,21)22)24-11(25-10)7-3-23-27(26-7)8-5(15)1-4(2-6(8)16)12(17,18)19/h1-3H,(H,24,25). The first-order valence-corrected chi connectivity index (χ1v) is 8.25. The lowest BCUT2D eigenvalue weighted by atomic mass is 10.2. The van der Waals surface area contributed by atoms with Crippen LogP contribution in [0.25, 0.3) is 17.2 Å². The van der Waals surface area contributed by atoms with Crippen molar-refractivity contribution in [1.82, 2.24) is 25.0 Å². The monoisotopic (exact) mass is 493 g/mol. The average Bonchev–Trinajstić information content (AvgIpc) is 3.11. The third-order valence-corrected chi connectivity index (χ3v) is 4.37. The smallest absolute Gasteiger partial charge is 0.332 e. The van der Waals surface area contributed by atoms with Gasteiger partial charge < -0.3 is 4.98 Å². The highest BCUT2D eigenvalue weighted by atomic mass is 79.9. The second-order valence-electron chi connectivity index (χ2n) is 5.05. The minimum absolute atomic E-state index is 0.113. The third-order valence-electron chi connectivity index (χ3n) is 3.22. The first-order chi connectivity index (χ1) is 12.4. The maximum Gasteiger partial charge on any atom is 0.433 e. The van der Waals surface area contributed by atoms with Crippen LogP contribution in [0.2, 0.25) is 10.0 Å². The number of halogens is 9. The predicted molar refractivity (Wildman–Crippen MR) is 86.7 cm³/mol. The largest absolute Gasteiger partial charge is 0.433 e. The van der Waals surface area contributed by atoms with Gasteiger partial charge in [0.25, 0.3) is 0 Å². The molecule has 14 heteroatoms. The molecule has 2 heterocycles. The van der Waals surface area contributed by atoms with E-state index in [4.69, 9.17) is 23.2 Å². The van der Waals surface area contributed by atoms with Crippen molar-refractivity contribution < 1.29 is 26.3 Å². The van der Waals surface area contributed by atoms with Crippen LogP contribution in [0, 0.1) is 0 Å². The summed E-state index contributed by atoms with van der Waals surface area (Å²) < 4.78 is 76.3. The molecule has 0 aliphatic carbocycles. The van der Waals surface area contributed by atoms with Crippen LogP contribution in [-0.4, -0.2) is 25.0 Å². The van der Waals surface area contributed by atoms with Crippen LogP contribution in [-0.2, 0) is 12.4 Å². The molecule has 0 saturated carbocycles. The summed E-state index contributed by atoms with van der Waals surface area (Å²) in [4.78, 5) is 6.50. The minimum atomic E-state index is -4.68. The van der Waals surface area contributed by atoms with Gasteiger partial charge in [-0.25, -0.2) is 4.98 Å². The van der Waals surface area contributed by atoms with Crippen molar-refractivity contribution in [1.29, 1.82) is 0 Å². The average molecular weight is 495 g/mol. The Bertz CT molecular complexity index is 987. The summed E-state index contributed by atoms with van der Waals surface area (Å²) >= 11 is 14.4. The molecule has 0 fully saturated rings. The van der Waals surface area contributed by atoms with E-state index in [1.165, 1.54) is 0 Å². The summed E-state index contributed by atoms with van der Waals surface area (Å²) in [7, 11) is 0. The molecular formula is C13H4BrCl2F6N5. The number of benzene rings is 1. The van der Waals surface area contributed by atoms with Gasteiger partial charge >= 0.3 is 12.4 Å². The Morgan fingerprint density at radius 3 is 2.07 bits per heavy atom. The molecule has 1 N–H and O–H groups in total. The fourth-order valence-electron chi connectivity index (χ4n) is 2.06. The maximum atomic E-state index is 12.8. The number of imidazole rings is 1. The Kier molecular flexibility index (Phi) is 4.93. The molecule has 0 unspecified atom stereocenters. The molecule has 2 aromatic heterocycles. The highest BCUT2D eigenvalue weighted by Crippen LogP contribution is 2.38. The third kappa shape index (κ3) is 3.92. The van der Waals surface area contributed by atoms with Crippen molar-refractivity contribution >= 4 is 39.1 Å². The molecule has 0 radical (unpaired) electrons. The van der Waals surface area contributed by atoms with E-state index in [9.17, 15) is 26.3 Å². The number of H-pyrrole nitrogens is 1. The van der Waals surface area contributed by atoms with Crippen molar-refractivity contribution in [2.75, 3.05) is 0 Å². The molecule has 0 atom stereocenters. The second-order valence-corrected chi connectivity index (χ2v) is 6.62. The van der Waals surface area contributed by atoms with Gasteiger partial charge in [0.15, 0.2) is 11.5 Å². The molecule has 144 valence electrons. The molecule has 0 saturated heterocycles. The number of hydrogen-bond donors (Lipinski definition) is 1. The van der Waals surface area contributed by atoms with Gasteiger partial charge in [0.1, 0.15) is 16.0 Å². The summed E-state index contributed by atoms with van der Waals surface area (Å²) in [5.41, 5.74) is -2.48. The molecule has 0 spiro atoms. The first kappa shape index (κ1) is 20.0. The van der Waals surface area contributed by atoms with Gasteiger partial charge in [-0.3, -0.25) is 0 Å². The van der Waals surface area contributed by atoms with Gasteiger partial charge in [-0.1, -0.05) is 23.2 Å². The Hall–Kier alpha value is -1.79. The van der Waals surface area contributed by atoms with Gasteiger partial charge in [0, 0.05) is 0 Å². The quantitative estimate of drug-likeness (QED) is 0.460. The summed E-state index contributed by atoms with van der Waals surface area (Å²) in [6.45, 7) is 0. The van der Waals surface area contributed by atoms with E-state index < -0.39 is 38.3 Å². The molecule has 27 heavy (non-hydrogen) atoms. The van der Waals surface area contributed by atoms with E-state index in [0.717, 1.165) is 11.0 Å². The number of hydrogen-bond acceptors (Lipinski definition) is 3. The Morgan fingerprint density at radius 1 is 1.00 bits per heavy atom. The minimum Gasteiger partial charge on any atom is -0.332 e. The number of nitrogens with zero attached hydrogens (tertiary/aromatic N) is 4. The zero-order valence-electron chi connectivity index (χ0n) is 12.4. The number of aromatic nitrogens is 5. The van der Waals surface area contributed by atoms with Gasteiger partial charge in [0.2, 0.25) is 0 Å². The Morgan fingerprint density at radius 2 is 1.59 bits per heavy atom. The fourth-order valence-corrected chi connectivity index (χ4v) is 3.20. The zero-order chi connectivity index (χ0) is 20.1. The Labute approximate surface area is 164 Å². The van der Waals surface area contributed by atoms with Crippen LogP contribution in [0.15, 0.2) is 22.9 Å². The fraction of sp³-hybridized carbons (Fsp3) is 0.154. The number of nitrogens with one attached hydrogen (secondary N) is 1. The van der Waals surface area contributed by atoms with E-state index >= 15 is 0 Å². The molecule has 3 rings (SSSR count). The van der Waals surface area contributed by atoms with Crippen molar-refractivity contribution in [3.05, 3.63) is 44.2 Å². The van der Waals surface area contributed by atoms with Crippen LogP contribution >= 0.6 is 39.1 Å². The lowest BCUT2D eigenvalue weighted by molar-refractivity contribution is -0.141. The van der Waals surface area contributed by atoms with Gasteiger partial charge in [-0.05, 0) is 28.1 Å². The normalized spacial score (nSPS) is 12.6. The predicted octanol–water partition coefficient (Wildman–Crippen LogP) is 5.76. The molecule has 0 amide bonds. The van der Waals surface area contributed by atoms with Crippen molar-refractivity contribution in [2.45, 2.75) is 12.4 Å². The second kappa shape index (κ2) is 6.67. The van der Waals surface area contributed by atoms with Crippen LogP contribution in [0.4, 0.5) is 26.3 Å². The number of aromatic amines is 1. The van der Waals surface area contributed by atoms with Crippen LogP contribution in [0.3, 0.4) is 0 Å². The lowest BCUT2D eigenvalue weighted by Crippen LogP contribution is -2.08. The topological polar surface area (TPSA) is 59.4 Å². The highest BCUT2D eigenvalue weighted by Gasteiger charge is 2.37. The highest BCUT2D eigenvalue weighted by molar-refractivity contribution is 9.10. The lowest BCUT2D eigenvalue weighted by Gasteiger charge is -2.11. The van der Waals surface area contributed by atoms with Gasteiger partial charge in [-0.15, -0.1) is 9.90 Å². The van der Waals surface area contributed by atoms with E-state index in [-0.39, 0.29) is 17.2 Å². The van der Waals surface area contributed by atoms with E-state index in [1.54, 1.807) is 0 Å². The van der Waals surface area contributed by atoms with Crippen molar-refractivity contribution in [3.8, 4) is 17.2 Å². The van der Waals surface area contributed by atoms with Crippen molar-refractivity contribution in [3.63, 3.8) is 0 Å². The summed E-state index contributed by atoms with van der Waals surface area (Å²) in [5, 5.41) is 6.86. The van der Waals surface area contributed by atoms with E-state index in [0.29, 0.717) is 12.1 Å². The molecule has 3 aromatic rings. The molecular weight excluding hydrogens is 491 g/mol. The van der Waals surface area contributed by atoms with E-state index in [1.807, 2.05) is 4.98 Å². The summed E-state index contributed by atoms with van der Waals surface area (Å²) in [6.07, 6.45) is -8.29. The maximum absolute atomic E-state index is 12.8. The van der Waals surface area contributed by atoms with Crippen LogP contribution in [0.1, 0.15) is 11.3 Å². The number of rotatable bonds is 2. The van der Waals surface area contributed by atoms with Crippen molar-refractivity contribution in [2.24, 2.45) is 0 Å². The molecule has 0 bridgehead atoms. The Balaban J connectivity index is 2.02. The molecule has 0 aliphatic heterocycles.